The number of benzene rings is 3. The maximum absolute atomic E-state index is 13.8. The third-order valence-corrected chi connectivity index (χ3v) is 8.69. The predicted octanol–water partition coefficient (Wildman–Crippen LogP) is 4.51. The van der Waals surface area contributed by atoms with Crippen molar-refractivity contribution in [1.82, 2.24) is 14.4 Å². The molecule has 226 valence electrons. The Hall–Kier alpha value is -4.96. The van der Waals surface area contributed by atoms with Gasteiger partial charge in [0.1, 0.15) is 5.75 Å². The molecule has 3 heterocycles. The zero-order chi connectivity index (χ0) is 31.1. The lowest BCUT2D eigenvalue weighted by atomic mass is 9.92. The molecule has 1 unspecified atom stereocenters. The summed E-state index contributed by atoms with van der Waals surface area (Å²) >= 11 is 0. The van der Waals surface area contributed by atoms with Gasteiger partial charge in [-0.05, 0) is 55.7 Å². The maximum atomic E-state index is 13.8. The molecule has 1 aromatic heterocycles. The van der Waals surface area contributed by atoms with E-state index in [1.807, 2.05) is 53.8 Å². The van der Waals surface area contributed by atoms with Gasteiger partial charge >= 0.3 is 5.97 Å². The van der Waals surface area contributed by atoms with Crippen LogP contribution < -0.4 is 10.1 Å². The van der Waals surface area contributed by atoms with Crippen LogP contribution in [0, 0.1) is 6.92 Å². The van der Waals surface area contributed by atoms with Crippen molar-refractivity contribution in [2.45, 2.75) is 26.3 Å². The highest BCUT2D eigenvalue weighted by atomic mass is 16.5. The number of aryl methyl sites for hydroxylation is 1. The third-order valence-electron chi connectivity index (χ3n) is 8.69. The predicted molar refractivity (Wildman–Crippen MR) is 165 cm³/mol. The number of nitrogens with one attached hydrogen (secondary N) is 1. The number of carbonyl (C=O) groups excluding carboxylic acids is 4. The fraction of sp³-hybridized carbons (Fsp3) is 0.294. The van der Waals surface area contributed by atoms with E-state index in [9.17, 15) is 19.2 Å². The molecule has 0 aliphatic carbocycles. The average Bonchev–Trinajstić information content (AvgIpc) is 3.43. The van der Waals surface area contributed by atoms with Crippen LogP contribution in [0.2, 0.25) is 0 Å². The van der Waals surface area contributed by atoms with Crippen molar-refractivity contribution in [3.05, 3.63) is 94.2 Å². The average molecular weight is 595 g/mol. The highest BCUT2D eigenvalue weighted by molar-refractivity contribution is 6.21. The monoisotopic (exact) mass is 594 g/mol. The van der Waals surface area contributed by atoms with E-state index in [0.29, 0.717) is 52.2 Å². The van der Waals surface area contributed by atoms with Gasteiger partial charge in [-0.1, -0.05) is 36.4 Å². The van der Waals surface area contributed by atoms with Crippen molar-refractivity contribution in [3.63, 3.8) is 0 Å². The second kappa shape index (κ2) is 11.6. The summed E-state index contributed by atoms with van der Waals surface area (Å²) in [6, 6.07) is 18.0. The van der Waals surface area contributed by atoms with E-state index in [1.54, 1.807) is 37.3 Å². The molecule has 10 heteroatoms. The zero-order valence-corrected chi connectivity index (χ0v) is 25.2. The number of imide groups is 1. The molecule has 6 rings (SSSR count). The number of amides is 3. The molecule has 3 aromatic carbocycles. The number of esters is 1. The van der Waals surface area contributed by atoms with E-state index in [2.05, 4.69) is 5.32 Å². The Morgan fingerprint density at radius 1 is 0.977 bits per heavy atom. The summed E-state index contributed by atoms with van der Waals surface area (Å²) in [5.74, 6) is -1.05. The molecule has 2 aliphatic rings. The van der Waals surface area contributed by atoms with E-state index in [0.717, 1.165) is 16.6 Å². The molecule has 10 nitrogen and oxygen atoms in total. The van der Waals surface area contributed by atoms with E-state index in [4.69, 9.17) is 9.47 Å². The molecule has 3 amide bonds. The van der Waals surface area contributed by atoms with Crippen molar-refractivity contribution in [2.75, 3.05) is 38.7 Å². The van der Waals surface area contributed by atoms with Gasteiger partial charge < -0.3 is 19.4 Å². The molecule has 1 N–H and O–H groups in total. The van der Waals surface area contributed by atoms with E-state index in [-0.39, 0.29) is 43.5 Å². The molecule has 0 saturated heterocycles. The molecule has 1 atom stereocenters. The molecule has 2 aliphatic heterocycles. The van der Waals surface area contributed by atoms with Gasteiger partial charge in [-0.3, -0.25) is 24.2 Å². The molecule has 0 spiro atoms. The number of anilines is 1. The van der Waals surface area contributed by atoms with Gasteiger partial charge in [0.2, 0.25) is 5.91 Å². The summed E-state index contributed by atoms with van der Waals surface area (Å²) in [6.45, 7) is 4.45. The number of rotatable bonds is 8. The fourth-order valence-corrected chi connectivity index (χ4v) is 6.43. The second-order valence-corrected chi connectivity index (χ2v) is 11.0. The lowest BCUT2D eigenvalue weighted by Gasteiger charge is -2.38. The van der Waals surface area contributed by atoms with E-state index in [1.165, 1.54) is 12.0 Å². The minimum Gasteiger partial charge on any atom is -0.495 e. The number of nitrogens with zero attached hydrogens (tertiary/aromatic N) is 3. The number of fused-ring (bicyclic) bond motifs is 3. The van der Waals surface area contributed by atoms with Crippen LogP contribution in [-0.4, -0.2) is 71.4 Å². The molecule has 4 aromatic rings. The van der Waals surface area contributed by atoms with Gasteiger partial charge in [0.25, 0.3) is 11.8 Å². The van der Waals surface area contributed by atoms with Gasteiger partial charge in [-0.25, -0.2) is 4.79 Å². The number of carbonyl (C=O) groups is 4. The summed E-state index contributed by atoms with van der Waals surface area (Å²) in [5, 5.41) is 3.57. The van der Waals surface area contributed by atoms with Gasteiger partial charge in [-0.15, -0.1) is 0 Å². The molecule has 0 fully saturated rings. The topological polar surface area (TPSA) is 110 Å². The molecular formula is C34H34N4O6. The molecular weight excluding hydrogens is 560 g/mol. The van der Waals surface area contributed by atoms with Gasteiger partial charge in [0.15, 0.2) is 0 Å². The fourth-order valence-electron chi connectivity index (χ4n) is 6.43. The number of methoxy groups -OCH3 is 1. The Balaban J connectivity index is 1.32. The Kier molecular flexibility index (Phi) is 7.69. The summed E-state index contributed by atoms with van der Waals surface area (Å²) in [5.41, 5.74) is 5.09. The molecule has 0 saturated carbocycles. The smallest absolute Gasteiger partial charge is 0.340 e. The SMILES string of the molecule is CCOC(=O)c1c(C)n(C)c2ccc(OC)c(NC(=O)CN3CCc4ccccc4C3CN3C(=O)c4ccccc4C3=O)c12. The molecule has 44 heavy (non-hydrogen) atoms. The standard InChI is InChI=1S/C34H34N4O6/c1-5-44-34(42)29-20(2)36(3)25-14-15-27(43-4)31(30(25)29)35-28(39)19-37-17-16-21-10-6-7-11-22(21)26(37)18-38-32(40)23-12-8-9-13-24(23)33(38)41/h6-15,26H,5,16-19H2,1-4H3,(H,35,39). The lowest BCUT2D eigenvalue weighted by molar-refractivity contribution is -0.118. The lowest BCUT2D eigenvalue weighted by Crippen LogP contribution is -2.46. The maximum Gasteiger partial charge on any atom is 0.340 e. The summed E-state index contributed by atoms with van der Waals surface area (Å²) < 4.78 is 12.9. The van der Waals surface area contributed by atoms with Crippen molar-refractivity contribution in [2.24, 2.45) is 7.05 Å². The number of hydrogen-bond donors (Lipinski definition) is 1. The molecule has 0 bridgehead atoms. The van der Waals surface area contributed by atoms with Crippen molar-refractivity contribution in [3.8, 4) is 5.75 Å². The Bertz CT molecular complexity index is 1790. The number of hydrogen-bond acceptors (Lipinski definition) is 7. The highest BCUT2D eigenvalue weighted by Gasteiger charge is 2.39. The van der Waals surface area contributed by atoms with Crippen LogP contribution in [0.1, 0.15) is 60.9 Å². The zero-order valence-electron chi connectivity index (χ0n) is 25.2. The first-order valence-electron chi connectivity index (χ1n) is 14.6. The van der Waals surface area contributed by atoms with Crippen molar-refractivity contribution >= 4 is 40.3 Å². The van der Waals surface area contributed by atoms with Crippen LogP contribution in [0.25, 0.3) is 10.9 Å². The minimum absolute atomic E-state index is 0.0116. The molecule has 0 radical (unpaired) electrons. The van der Waals surface area contributed by atoms with Crippen molar-refractivity contribution in [1.29, 1.82) is 0 Å². The minimum atomic E-state index is -0.479. The summed E-state index contributed by atoms with van der Waals surface area (Å²) in [4.78, 5) is 56.7. The first kappa shape index (κ1) is 29.1. The van der Waals surface area contributed by atoms with Crippen LogP contribution >= 0.6 is 0 Å². The largest absolute Gasteiger partial charge is 0.495 e. The van der Waals surface area contributed by atoms with Crippen LogP contribution in [0.5, 0.6) is 5.75 Å². The van der Waals surface area contributed by atoms with E-state index < -0.39 is 5.97 Å². The van der Waals surface area contributed by atoms with Gasteiger partial charge in [0, 0.05) is 31.2 Å². The first-order valence-corrected chi connectivity index (χ1v) is 14.6. The van der Waals surface area contributed by atoms with Crippen LogP contribution in [0.4, 0.5) is 5.69 Å². The quantitative estimate of drug-likeness (QED) is 0.236. The number of ether oxygens (including phenoxy) is 2. The Labute approximate surface area is 255 Å². The highest BCUT2D eigenvalue weighted by Crippen LogP contribution is 2.39. The van der Waals surface area contributed by atoms with Crippen LogP contribution in [0.15, 0.2) is 60.7 Å². The van der Waals surface area contributed by atoms with Crippen molar-refractivity contribution < 1.29 is 28.7 Å². The Morgan fingerprint density at radius 3 is 2.34 bits per heavy atom. The number of aromatic nitrogens is 1. The first-order chi connectivity index (χ1) is 21.2. The summed E-state index contributed by atoms with van der Waals surface area (Å²) in [6.07, 6.45) is 0.714. The Morgan fingerprint density at radius 2 is 1.66 bits per heavy atom. The third kappa shape index (κ3) is 4.81. The normalized spacial score (nSPS) is 16.2. The van der Waals surface area contributed by atoms with Crippen LogP contribution in [-0.2, 0) is 23.0 Å². The van der Waals surface area contributed by atoms with Gasteiger partial charge in [-0.2, -0.15) is 0 Å². The van der Waals surface area contributed by atoms with Gasteiger partial charge in [0.05, 0.1) is 54.2 Å². The van der Waals surface area contributed by atoms with E-state index >= 15 is 0 Å². The van der Waals surface area contributed by atoms with Crippen LogP contribution in [0.3, 0.4) is 0 Å². The second-order valence-electron chi connectivity index (χ2n) is 11.0. The summed E-state index contributed by atoms with van der Waals surface area (Å²) in [7, 11) is 3.36.